The van der Waals surface area contributed by atoms with E-state index in [1.165, 1.54) is 19.2 Å². The molecule has 0 fully saturated rings. The van der Waals surface area contributed by atoms with E-state index < -0.39 is 4.92 Å². The summed E-state index contributed by atoms with van der Waals surface area (Å²) in [6.45, 7) is 0.617. The monoisotopic (exact) mass is 351 g/mol. The van der Waals surface area contributed by atoms with Crippen molar-refractivity contribution in [3.63, 3.8) is 0 Å². The minimum atomic E-state index is -0.518. The molecule has 1 aliphatic rings. The molecule has 0 saturated carbocycles. The van der Waals surface area contributed by atoms with Crippen LogP contribution in [0.25, 0.3) is 0 Å². The fraction of sp³-hybridized carbons (Fsp3) is 0.250. The Hall–Kier alpha value is -2.51. The average Bonchev–Trinajstić information content (AvgIpc) is 2.59. The Morgan fingerprint density at radius 1 is 1.33 bits per heavy atom. The lowest BCUT2D eigenvalue weighted by molar-refractivity contribution is -0.386. The van der Waals surface area contributed by atoms with Crippen LogP contribution >= 0.6 is 11.6 Å². The maximum atomic E-state index is 11.2. The Morgan fingerprint density at radius 2 is 2.17 bits per heavy atom. The molecule has 126 valence electrons. The summed E-state index contributed by atoms with van der Waals surface area (Å²) in [6.07, 6.45) is 0. The zero-order valence-corrected chi connectivity index (χ0v) is 13.5. The number of halogens is 1. The standard InChI is InChI=1S/C16H14ClNO6/c1-21-13-2-3-15(14(6-13)18(19)20)23-8-11-5-12(17)4-10-7-22-9-24-16(10)11/h2-6H,7-9H2,1H3. The SMILES string of the molecule is COc1ccc(OCc2cc(Cl)cc3c2OCOC3)c([N+](=O)[O-])c1. The third-order valence-electron chi connectivity index (χ3n) is 3.50. The van der Waals surface area contributed by atoms with Crippen molar-refractivity contribution in [3.8, 4) is 17.2 Å². The van der Waals surface area contributed by atoms with Crippen LogP contribution in [-0.2, 0) is 18.0 Å². The second kappa shape index (κ2) is 6.94. The summed E-state index contributed by atoms with van der Waals surface area (Å²) in [6, 6.07) is 7.88. The summed E-state index contributed by atoms with van der Waals surface area (Å²) in [5, 5.41) is 11.7. The molecule has 2 aromatic carbocycles. The second-order valence-corrected chi connectivity index (χ2v) is 5.48. The smallest absolute Gasteiger partial charge is 0.314 e. The predicted octanol–water partition coefficient (Wildman–Crippen LogP) is 3.70. The zero-order valence-electron chi connectivity index (χ0n) is 12.8. The van der Waals surface area contributed by atoms with Gasteiger partial charge in [0.1, 0.15) is 18.1 Å². The zero-order chi connectivity index (χ0) is 17.1. The van der Waals surface area contributed by atoms with Crippen molar-refractivity contribution >= 4 is 17.3 Å². The van der Waals surface area contributed by atoms with Crippen LogP contribution < -0.4 is 14.2 Å². The van der Waals surface area contributed by atoms with Gasteiger partial charge in [0.05, 0.1) is 24.7 Å². The molecule has 8 heteroatoms. The van der Waals surface area contributed by atoms with Crippen LogP contribution in [-0.4, -0.2) is 18.8 Å². The highest BCUT2D eigenvalue weighted by molar-refractivity contribution is 6.30. The molecule has 0 radical (unpaired) electrons. The Labute approximate surface area is 142 Å². The summed E-state index contributed by atoms with van der Waals surface area (Å²) in [7, 11) is 1.44. The van der Waals surface area contributed by atoms with Crippen LogP contribution in [0.5, 0.6) is 17.2 Å². The lowest BCUT2D eigenvalue weighted by Gasteiger charge is -2.21. The van der Waals surface area contributed by atoms with Gasteiger partial charge in [-0.2, -0.15) is 0 Å². The Kier molecular flexibility index (Phi) is 4.73. The molecule has 0 amide bonds. The van der Waals surface area contributed by atoms with Crippen molar-refractivity contribution in [1.29, 1.82) is 0 Å². The van der Waals surface area contributed by atoms with Gasteiger partial charge in [-0.15, -0.1) is 0 Å². The van der Waals surface area contributed by atoms with Crippen molar-refractivity contribution < 1.29 is 23.9 Å². The van der Waals surface area contributed by atoms with E-state index in [1.807, 2.05) is 0 Å². The minimum absolute atomic E-state index is 0.0794. The molecule has 7 nitrogen and oxygen atoms in total. The molecule has 24 heavy (non-hydrogen) atoms. The summed E-state index contributed by atoms with van der Waals surface area (Å²) >= 11 is 6.09. The summed E-state index contributed by atoms with van der Waals surface area (Å²) in [4.78, 5) is 10.7. The Bertz CT molecular complexity index is 779. The molecule has 0 saturated heterocycles. The van der Waals surface area contributed by atoms with Crippen LogP contribution in [0.3, 0.4) is 0 Å². The molecule has 0 N–H and O–H groups in total. The summed E-state index contributed by atoms with van der Waals surface area (Å²) < 4.78 is 21.3. The van der Waals surface area contributed by atoms with Gasteiger partial charge in [0.25, 0.3) is 0 Å². The Morgan fingerprint density at radius 3 is 2.92 bits per heavy atom. The van der Waals surface area contributed by atoms with Gasteiger partial charge in [-0.3, -0.25) is 10.1 Å². The number of benzene rings is 2. The molecular weight excluding hydrogens is 338 g/mol. The van der Waals surface area contributed by atoms with E-state index in [1.54, 1.807) is 18.2 Å². The van der Waals surface area contributed by atoms with Gasteiger partial charge < -0.3 is 18.9 Å². The molecule has 0 aromatic heterocycles. The van der Waals surface area contributed by atoms with E-state index >= 15 is 0 Å². The quantitative estimate of drug-likeness (QED) is 0.603. The molecule has 0 aliphatic carbocycles. The van der Waals surface area contributed by atoms with Gasteiger partial charge >= 0.3 is 5.69 Å². The van der Waals surface area contributed by atoms with Crippen molar-refractivity contribution in [2.75, 3.05) is 13.9 Å². The number of ether oxygens (including phenoxy) is 4. The van der Waals surface area contributed by atoms with E-state index in [0.717, 1.165) is 5.56 Å². The lowest BCUT2D eigenvalue weighted by Crippen LogP contribution is -2.14. The molecule has 0 spiro atoms. The van der Waals surface area contributed by atoms with Crippen molar-refractivity contribution in [3.05, 3.63) is 56.6 Å². The fourth-order valence-electron chi connectivity index (χ4n) is 2.41. The van der Waals surface area contributed by atoms with Gasteiger partial charge in [0.15, 0.2) is 12.5 Å². The minimum Gasteiger partial charge on any atom is -0.496 e. The largest absolute Gasteiger partial charge is 0.496 e. The number of hydrogen-bond donors (Lipinski definition) is 0. The van der Waals surface area contributed by atoms with Crippen LogP contribution in [0.15, 0.2) is 30.3 Å². The molecule has 1 aliphatic heterocycles. The first-order valence-corrected chi connectivity index (χ1v) is 7.43. The fourth-order valence-corrected chi connectivity index (χ4v) is 2.67. The van der Waals surface area contributed by atoms with Gasteiger partial charge in [-0.25, -0.2) is 0 Å². The number of rotatable bonds is 5. The number of fused-ring (bicyclic) bond motifs is 1. The van der Waals surface area contributed by atoms with Gasteiger partial charge in [0.2, 0.25) is 0 Å². The van der Waals surface area contributed by atoms with Gasteiger partial charge in [-0.1, -0.05) is 11.6 Å². The first kappa shape index (κ1) is 16.4. The highest BCUT2D eigenvalue weighted by Crippen LogP contribution is 2.35. The number of hydrogen-bond acceptors (Lipinski definition) is 6. The van der Waals surface area contributed by atoms with Gasteiger partial charge in [0, 0.05) is 16.1 Å². The number of nitrogens with zero attached hydrogens (tertiary/aromatic N) is 1. The maximum absolute atomic E-state index is 11.2. The third kappa shape index (κ3) is 3.37. The lowest BCUT2D eigenvalue weighted by atomic mass is 10.1. The van der Waals surface area contributed by atoms with Crippen LogP contribution in [0.4, 0.5) is 5.69 Å². The van der Waals surface area contributed by atoms with Crippen molar-refractivity contribution in [2.45, 2.75) is 13.2 Å². The maximum Gasteiger partial charge on any atom is 0.314 e. The van der Waals surface area contributed by atoms with E-state index in [9.17, 15) is 10.1 Å². The normalized spacial score (nSPS) is 12.9. The van der Waals surface area contributed by atoms with Crippen molar-refractivity contribution in [1.82, 2.24) is 0 Å². The van der Waals surface area contributed by atoms with E-state index in [0.29, 0.717) is 28.7 Å². The number of nitro benzene ring substituents is 1. The van der Waals surface area contributed by atoms with E-state index in [-0.39, 0.29) is 24.8 Å². The van der Waals surface area contributed by atoms with Crippen LogP contribution in [0, 0.1) is 10.1 Å². The van der Waals surface area contributed by atoms with Crippen LogP contribution in [0.2, 0.25) is 5.02 Å². The number of methoxy groups -OCH3 is 1. The van der Waals surface area contributed by atoms with Gasteiger partial charge in [-0.05, 0) is 24.3 Å². The first-order valence-electron chi connectivity index (χ1n) is 7.05. The molecular formula is C16H14ClNO6. The molecule has 0 bridgehead atoms. The third-order valence-corrected chi connectivity index (χ3v) is 3.72. The molecule has 3 rings (SSSR count). The topological polar surface area (TPSA) is 80.1 Å². The van der Waals surface area contributed by atoms with Crippen LogP contribution in [0.1, 0.15) is 11.1 Å². The molecule has 0 atom stereocenters. The van der Waals surface area contributed by atoms with Crippen molar-refractivity contribution in [2.24, 2.45) is 0 Å². The van der Waals surface area contributed by atoms with E-state index in [4.69, 9.17) is 30.5 Å². The first-order chi connectivity index (χ1) is 11.6. The average molecular weight is 352 g/mol. The number of nitro groups is 1. The second-order valence-electron chi connectivity index (χ2n) is 5.04. The highest BCUT2D eigenvalue weighted by atomic mass is 35.5. The molecule has 1 heterocycles. The van der Waals surface area contributed by atoms with E-state index in [2.05, 4.69) is 0 Å². The summed E-state index contributed by atoms with van der Waals surface area (Å²) in [5.41, 5.74) is 1.34. The Balaban J connectivity index is 1.86. The molecule has 0 unspecified atom stereocenters. The molecule has 2 aromatic rings. The highest BCUT2D eigenvalue weighted by Gasteiger charge is 2.20. The summed E-state index contributed by atoms with van der Waals surface area (Å²) in [5.74, 6) is 1.16. The predicted molar refractivity (Wildman–Crippen MR) is 85.7 cm³/mol.